The Kier molecular flexibility index (Phi) is 4.66. The molecule has 0 fully saturated rings. The lowest BCUT2D eigenvalue weighted by Crippen LogP contribution is -2.26. The minimum atomic E-state index is -0.623. The molecular weight excluding hydrogens is 320 g/mol. The average molecular weight is 338 g/mol. The number of hydrogen-bond donors (Lipinski definition) is 4. The van der Waals surface area contributed by atoms with Crippen molar-refractivity contribution in [2.24, 2.45) is 11.5 Å². The van der Waals surface area contributed by atoms with Crippen LogP contribution in [-0.4, -0.2) is 38.4 Å². The first-order valence-corrected chi connectivity index (χ1v) is 7.67. The SMILES string of the molecule is C[C@H](N)CNc1ncc(C(N)=O)c(Nc2ccc3nccnc3c2)n1. The number of carbonyl (C=O) groups excluding carboxylic acids is 1. The molecule has 9 heteroatoms. The molecule has 1 atom stereocenters. The van der Waals surface area contributed by atoms with E-state index in [2.05, 4.69) is 30.6 Å². The second kappa shape index (κ2) is 7.05. The Labute approximate surface area is 143 Å². The van der Waals surface area contributed by atoms with Gasteiger partial charge in [0.05, 0.1) is 11.0 Å². The molecule has 2 aromatic heterocycles. The monoisotopic (exact) mass is 338 g/mol. The van der Waals surface area contributed by atoms with Crippen molar-refractivity contribution in [3.05, 3.63) is 42.4 Å². The Morgan fingerprint density at radius 3 is 2.68 bits per heavy atom. The number of hydrogen-bond acceptors (Lipinski definition) is 8. The highest BCUT2D eigenvalue weighted by Gasteiger charge is 2.13. The van der Waals surface area contributed by atoms with E-state index in [1.807, 2.05) is 25.1 Å². The third kappa shape index (κ3) is 3.96. The number of nitrogens with one attached hydrogen (secondary N) is 2. The molecule has 0 bridgehead atoms. The number of benzene rings is 1. The molecule has 25 heavy (non-hydrogen) atoms. The maximum atomic E-state index is 11.6. The van der Waals surface area contributed by atoms with E-state index in [0.717, 1.165) is 11.0 Å². The molecule has 0 radical (unpaired) electrons. The predicted molar refractivity (Wildman–Crippen MR) is 95.5 cm³/mol. The van der Waals surface area contributed by atoms with Crippen molar-refractivity contribution in [1.29, 1.82) is 0 Å². The summed E-state index contributed by atoms with van der Waals surface area (Å²) in [6.45, 7) is 2.36. The van der Waals surface area contributed by atoms with Gasteiger partial charge < -0.3 is 22.1 Å². The Hall–Kier alpha value is -3.33. The van der Waals surface area contributed by atoms with Crippen molar-refractivity contribution < 1.29 is 4.79 Å². The first kappa shape index (κ1) is 16.5. The summed E-state index contributed by atoms with van der Waals surface area (Å²) in [5.74, 6) is 0.0325. The van der Waals surface area contributed by atoms with Crippen LogP contribution < -0.4 is 22.1 Å². The first-order valence-electron chi connectivity index (χ1n) is 7.67. The zero-order valence-corrected chi connectivity index (χ0v) is 13.6. The maximum absolute atomic E-state index is 11.6. The summed E-state index contributed by atoms with van der Waals surface area (Å²) in [6, 6.07) is 5.39. The van der Waals surface area contributed by atoms with Crippen LogP contribution in [0.4, 0.5) is 17.5 Å². The van der Waals surface area contributed by atoms with Gasteiger partial charge in [-0.25, -0.2) is 4.98 Å². The molecule has 0 aliphatic rings. The Morgan fingerprint density at radius 1 is 1.20 bits per heavy atom. The molecule has 3 aromatic rings. The normalized spacial score (nSPS) is 11.9. The molecular formula is C16H18N8O. The number of nitrogens with two attached hydrogens (primary N) is 2. The number of nitrogens with zero attached hydrogens (tertiary/aromatic N) is 4. The van der Waals surface area contributed by atoms with Gasteiger partial charge in [0.1, 0.15) is 11.4 Å². The molecule has 1 amide bonds. The highest BCUT2D eigenvalue weighted by molar-refractivity contribution is 5.98. The number of fused-ring (bicyclic) bond motifs is 1. The van der Waals surface area contributed by atoms with E-state index in [4.69, 9.17) is 11.5 Å². The van der Waals surface area contributed by atoms with Gasteiger partial charge in [0.25, 0.3) is 5.91 Å². The van der Waals surface area contributed by atoms with Crippen LogP contribution in [0.2, 0.25) is 0 Å². The average Bonchev–Trinajstić information content (AvgIpc) is 2.59. The molecule has 3 rings (SSSR count). The quantitative estimate of drug-likeness (QED) is 0.521. The van der Waals surface area contributed by atoms with Crippen LogP contribution in [0.5, 0.6) is 0 Å². The van der Waals surface area contributed by atoms with Crippen molar-refractivity contribution in [1.82, 2.24) is 19.9 Å². The summed E-state index contributed by atoms with van der Waals surface area (Å²) in [7, 11) is 0. The second-order valence-electron chi connectivity index (χ2n) is 5.56. The van der Waals surface area contributed by atoms with E-state index in [1.54, 1.807) is 12.4 Å². The zero-order valence-electron chi connectivity index (χ0n) is 13.6. The van der Waals surface area contributed by atoms with Crippen molar-refractivity contribution in [2.75, 3.05) is 17.2 Å². The lowest BCUT2D eigenvalue weighted by atomic mass is 10.2. The van der Waals surface area contributed by atoms with Gasteiger partial charge in [-0.3, -0.25) is 14.8 Å². The van der Waals surface area contributed by atoms with Crippen LogP contribution in [0.25, 0.3) is 11.0 Å². The minimum Gasteiger partial charge on any atom is -0.365 e. The number of anilines is 3. The van der Waals surface area contributed by atoms with Crippen molar-refractivity contribution in [3.8, 4) is 0 Å². The van der Waals surface area contributed by atoms with Crippen LogP contribution in [0.1, 0.15) is 17.3 Å². The van der Waals surface area contributed by atoms with E-state index >= 15 is 0 Å². The highest BCUT2D eigenvalue weighted by atomic mass is 16.1. The van der Waals surface area contributed by atoms with Gasteiger partial charge in [0.15, 0.2) is 0 Å². The molecule has 9 nitrogen and oxygen atoms in total. The van der Waals surface area contributed by atoms with Crippen LogP contribution in [0.3, 0.4) is 0 Å². The van der Waals surface area contributed by atoms with E-state index in [1.165, 1.54) is 6.20 Å². The van der Waals surface area contributed by atoms with Crippen molar-refractivity contribution >= 4 is 34.4 Å². The predicted octanol–water partition coefficient (Wildman–Crippen LogP) is 1.02. The van der Waals surface area contributed by atoms with Gasteiger partial charge in [0.2, 0.25) is 5.95 Å². The fraction of sp³-hybridized carbons (Fsp3) is 0.188. The molecule has 2 heterocycles. The summed E-state index contributed by atoms with van der Waals surface area (Å²) >= 11 is 0. The fourth-order valence-corrected chi connectivity index (χ4v) is 2.17. The number of rotatable bonds is 6. The van der Waals surface area contributed by atoms with Gasteiger partial charge in [-0.1, -0.05) is 0 Å². The number of amides is 1. The number of primary amides is 1. The van der Waals surface area contributed by atoms with Crippen LogP contribution in [0.15, 0.2) is 36.8 Å². The largest absolute Gasteiger partial charge is 0.365 e. The minimum absolute atomic E-state index is 0.0603. The third-order valence-electron chi connectivity index (χ3n) is 3.37. The molecule has 1 aromatic carbocycles. The second-order valence-corrected chi connectivity index (χ2v) is 5.56. The summed E-state index contributed by atoms with van der Waals surface area (Å²) in [5.41, 5.74) is 13.5. The van der Waals surface area contributed by atoms with Gasteiger partial charge in [-0.15, -0.1) is 0 Å². The number of aromatic nitrogens is 4. The zero-order chi connectivity index (χ0) is 17.8. The van der Waals surface area contributed by atoms with Crippen molar-refractivity contribution in [3.63, 3.8) is 0 Å². The van der Waals surface area contributed by atoms with Gasteiger partial charge in [0, 0.05) is 36.9 Å². The Bertz CT molecular complexity index is 912. The fourth-order valence-electron chi connectivity index (χ4n) is 2.17. The Morgan fingerprint density at radius 2 is 1.96 bits per heavy atom. The van der Waals surface area contributed by atoms with Gasteiger partial charge in [-0.05, 0) is 25.1 Å². The van der Waals surface area contributed by atoms with E-state index in [-0.39, 0.29) is 11.6 Å². The summed E-state index contributed by atoms with van der Waals surface area (Å²) in [5, 5.41) is 6.09. The first-order chi connectivity index (χ1) is 12.0. The summed E-state index contributed by atoms with van der Waals surface area (Å²) in [4.78, 5) is 28.5. The summed E-state index contributed by atoms with van der Waals surface area (Å²) < 4.78 is 0. The molecule has 0 aliphatic heterocycles. The molecule has 0 spiro atoms. The molecule has 6 N–H and O–H groups in total. The van der Waals surface area contributed by atoms with E-state index in [9.17, 15) is 4.79 Å². The maximum Gasteiger partial charge on any atom is 0.254 e. The van der Waals surface area contributed by atoms with E-state index < -0.39 is 5.91 Å². The Balaban J connectivity index is 1.92. The van der Waals surface area contributed by atoms with Gasteiger partial charge in [-0.2, -0.15) is 4.98 Å². The molecule has 0 unspecified atom stereocenters. The molecule has 0 saturated carbocycles. The highest BCUT2D eigenvalue weighted by Crippen LogP contribution is 2.22. The van der Waals surface area contributed by atoms with Crippen LogP contribution in [0, 0.1) is 0 Å². The van der Waals surface area contributed by atoms with Crippen LogP contribution in [-0.2, 0) is 0 Å². The molecule has 0 aliphatic carbocycles. The summed E-state index contributed by atoms with van der Waals surface area (Å²) in [6.07, 6.45) is 4.62. The van der Waals surface area contributed by atoms with Crippen molar-refractivity contribution in [2.45, 2.75) is 13.0 Å². The van der Waals surface area contributed by atoms with Crippen LogP contribution >= 0.6 is 0 Å². The molecule has 0 saturated heterocycles. The topological polar surface area (TPSA) is 145 Å². The lowest BCUT2D eigenvalue weighted by Gasteiger charge is -2.12. The number of carbonyl (C=O) groups is 1. The smallest absolute Gasteiger partial charge is 0.254 e. The third-order valence-corrected chi connectivity index (χ3v) is 3.37. The molecule has 128 valence electrons. The standard InChI is InChI=1S/C16H18N8O/c1-9(17)7-21-16-22-8-11(14(18)25)15(24-16)23-10-2-3-12-13(6-10)20-5-4-19-12/h2-6,8-9H,7,17H2,1H3,(H2,18,25)(H2,21,22,23,24)/t9-/m0/s1. The van der Waals surface area contributed by atoms with Gasteiger partial charge >= 0.3 is 0 Å². The van der Waals surface area contributed by atoms with E-state index in [0.29, 0.717) is 24.0 Å². The lowest BCUT2D eigenvalue weighted by molar-refractivity contribution is 0.100.